The van der Waals surface area contributed by atoms with E-state index in [1.807, 2.05) is 30.3 Å². The number of benzene rings is 1. The molecule has 0 radical (unpaired) electrons. The first kappa shape index (κ1) is 11.2. The van der Waals surface area contributed by atoms with E-state index in [0.717, 1.165) is 27.8 Å². The molecule has 21 heavy (non-hydrogen) atoms. The predicted molar refractivity (Wildman–Crippen MR) is 84.1 cm³/mol. The Balaban J connectivity index is 1.48. The largest absolute Gasteiger partial charge is 0.298 e. The number of aromatic nitrogens is 1. The minimum absolute atomic E-state index is 0.0749. The summed E-state index contributed by atoms with van der Waals surface area (Å²) >= 11 is 1.50. The fourth-order valence-corrected chi connectivity index (χ4v) is 3.79. The second kappa shape index (κ2) is 3.80. The van der Waals surface area contributed by atoms with Crippen molar-refractivity contribution in [3.05, 3.63) is 70.4 Å². The normalized spacial score (nSPS) is 18.2. The van der Waals surface area contributed by atoms with Gasteiger partial charge in [0, 0.05) is 5.57 Å². The smallest absolute Gasteiger partial charge is 0.258 e. The summed E-state index contributed by atoms with van der Waals surface area (Å²) in [4.78, 5) is 16.9. The molecule has 100 valence electrons. The van der Waals surface area contributed by atoms with Crippen molar-refractivity contribution in [2.45, 2.75) is 6.42 Å². The molecule has 1 aromatic heterocycles. The number of carbonyl (C=O) groups is 1. The molecule has 0 saturated heterocycles. The Hall–Kier alpha value is -2.46. The molecule has 0 bridgehead atoms. The van der Waals surface area contributed by atoms with Crippen molar-refractivity contribution in [1.29, 1.82) is 0 Å². The van der Waals surface area contributed by atoms with Crippen molar-refractivity contribution >= 4 is 32.6 Å². The third-order valence-corrected chi connectivity index (χ3v) is 4.98. The molecule has 1 aromatic carbocycles. The van der Waals surface area contributed by atoms with Gasteiger partial charge in [0.2, 0.25) is 0 Å². The van der Waals surface area contributed by atoms with Gasteiger partial charge in [0.05, 0.1) is 10.2 Å². The van der Waals surface area contributed by atoms with E-state index in [9.17, 15) is 4.79 Å². The van der Waals surface area contributed by atoms with Gasteiger partial charge in [-0.1, -0.05) is 29.5 Å². The quantitative estimate of drug-likeness (QED) is 0.915. The summed E-state index contributed by atoms with van der Waals surface area (Å²) in [6.07, 6.45) is 7.19. The van der Waals surface area contributed by atoms with Crippen LogP contribution in [0.25, 0.3) is 10.2 Å². The van der Waals surface area contributed by atoms with Crippen LogP contribution in [0, 0.1) is 0 Å². The highest BCUT2D eigenvalue weighted by Crippen LogP contribution is 2.51. The number of nitrogens with zero attached hydrogens (tertiary/aromatic N) is 1. The maximum absolute atomic E-state index is 12.5. The summed E-state index contributed by atoms with van der Waals surface area (Å²) in [5.41, 5.74) is 6.77. The average molecular weight is 290 g/mol. The average Bonchev–Trinajstić information content (AvgIpc) is 2.86. The number of thiazole rings is 1. The van der Waals surface area contributed by atoms with Crippen LogP contribution in [0.1, 0.15) is 6.42 Å². The molecular weight excluding hydrogens is 280 g/mol. The number of hydrogen-bond donors (Lipinski definition) is 1. The predicted octanol–water partition coefficient (Wildman–Crippen LogP) is 3.74. The highest BCUT2D eigenvalue weighted by atomic mass is 32.1. The third-order valence-electron chi connectivity index (χ3n) is 4.03. The number of nitrogens with one attached hydrogen (secondary N) is 1. The van der Waals surface area contributed by atoms with E-state index in [1.54, 1.807) is 0 Å². The summed E-state index contributed by atoms with van der Waals surface area (Å²) in [6, 6.07) is 7.90. The molecule has 1 amide bonds. The second-order valence-corrected chi connectivity index (χ2v) is 6.37. The van der Waals surface area contributed by atoms with Gasteiger partial charge in [0.15, 0.2) is 5.13 Å². The lowest BCUT2D eigenvalue weighted by molar-refractivity contribution is -0.112. The third kappa shape index (κ3) is 1.59. The molecule has 1 saturated carbocycles. The zero-order chi connectivity index (χ0) is 14.0. The zero-order valence-electron chi connectivity index (χ0n) is 11.0. The van der Waals surface area contributed by atoms with Crippen molar-refractivity contribution in [2.24, 2.45) is 0 Å². The van der Waals surface area contributed by atoms with Gasteiger partial charge in [-0.15, -0.1) is 0 Å². The van der Waals surface area contributed by atoms with Crippen LogP contribution in [-0.2, 0) is 4.79 Å². The van der Waals surface area contributed by atoms with E-state index in [-0.39, 0.29) is 5.91 Å². The summed E-state index contributed by atoms with van der Waals surface area (Å²) in [7, 11) is 0. The minimum atomic E-state index is -0.0749. The van der Waals surface area contributed by atoms with Gasteiger partial charge >= 0.3 is 0 Å². The fraction of sp³-hybridized carbons (Fsp3) is 0.0588. The zero-order valence-corrected chi connectivity index (χ0v) is 11.8. The minimum Gasteiger partial charge on any atom is -0.298 e. The Morgan fingerprint density at radius 2 is 2.10 bits per heavy atom. The van der Waals surface area contributed by atoms with E-state index in [0.29, 0.717) is 5.13 Å². The molecule has 5 rings (SSSR count). The number of hydrogen-bond acceptors (Lipinski definition) is 3. The standard InChI is InChI=1S/C17H10N2OS/c20-16(11-6-5-10-12-7-9(12)8-13(10)11)19-17-18-14-3-1-2-4-15(14)21-17/h1-6,8H,7H2,(H,18,19,20). The number of carbonyl (C=O) groups excluding carboxylic acids is 1. The molecule has 1 fully saturated rings. The number of amides is 1. The van der Waals surface area contributed by atoms with E-state index < -0.39 is 0 Å². The second-order valence-electron chi connectivity index (χ2n) is 5.34. The van der Waals surface area contributed by atoms with E-state index in [4.69, 9.17) is 0 Å². The van der Waals surface area contributed by atoms with Gasteiger partial charge < -0.3 is 0 Å². The Morgan fingerprint density at radius 3 is 3.00 bits per heavy atom. The maximum Gasteiger partial charge on any atom is 0.258 e. The molecule has 2 aromatic rings. The number of rotatable bonds is 2. The molecule has 0 spiro atoms. The molecule has 1 N–H and O–H groups in total. The van der Waals surface area contributed by atoms with Gasteiger partial charge in [0.25, 0.3) is 5.91 Å². The van der Waals surface area contributed by atoms with Crippen LogP contribution in [-0.4, -0.2) is 10.9 Å². The van der Waals surface area contributed by atoms with Gasteiger partial charge in [-0.2, -0.15) is 0 Å². The first-order valence-corrected chi connectivity index (χ1v) is 7.65. The summed E-state index contributed by atoms with van der Waals surface area (Å²) < 4.78 is 1.08. The molecule has 4 heteroatoms. The van der Waals surface area contributed by atoms with E-state index in [1.165, 1.54) is 28.1 Å². The molecule has 3 aliphatic carbocycles. The van der Waals surface area contributed by atoms with Crippen molar-refractivity contribution in [3.63, 3.8) is 0 Å². The van der Waals surface area contributed by atoms with Crippen LogP contribution in [0.4, 0.5) is 5.13 Å². The molecule has 0 atom stereocenters. The molecule has 0 aliphatic heterocycles. The SMILES string of the molecule is O=C(Nc1nc2ccccc2s1)C1=C2C=C3CC3=C2C=C1. The maximum atomic E-state index is 12.5. The highest BCUT2D eigenvalue weighted by Gasteiger charge is 2.35. The summed E-state index contributed by atoms with van der Waals surface area (Å²) in [5.74, 6) is -0.0749. The lowest BCUT2D eigenvalue weighted by atomic mass is 10.1. The monoisotopic (exact) mass is 290 g/mol. The Kier molecular flexibility index (Phi) is 2.03. The molecule has 0 unspecified atom stereocenters. The van der Waals surface area contributed by atoms with Crippen LogP contribution in [0.2, 0.25) is 0 Å². The number of para-hydroxylation sites is 1. The molecule has 1 heterocycles. The number of allylic oxidation sites excluding steroid dienone is 6. The van der Waals surface area contributed by atoms with E-state index in [2.05, 4.69) is 22.5 Å². The van der Waals surface area contributed by atoms with Crippen LogP contribution >= 0.6 is 11.3 Å². The van der Waals surface area contributed by atoms with Crippen molar-refractivity contribution in [3.8, 4) is 0 Å². The molecular formula is C17H10N2OS. The lowest BCUT2D eigenvalue weighted by Gasteiger charge is -2.03. The fourth-order valence-electron chi connectivity index (χ4n) is 2.92. The topological polar surface area (TPSA) is 42.0 Å². The summed E-state index contributed by atoms with van der Waals surface area (Å²) in [6.45, 7) is 0. The number of anilines is 1. The van der Waals surface area contributed by atoms with E-state index >= 15 is 0 Å². The number of fused-ring (bicyclic) bond motifs is 3. The Morgan fingerprint density at radius 1 is 1.19 bits per heavy atom. The van der Waals surface area contributed by atoms with Crippen molar-refractivity contribution in [1.82, 2.24) is 4.98 Å². The first-order chi connectivity index (χ1) is 10.3. The lowest BCUT2D eigenvalue weighted by Crippen LogP contribution is -2.13. The van der Waals surface area contributed by atoms with Crippen LogP contribution < -0.4 is 5.32 Å². The highest BCUT2D eigenvalue weighted by molar-refractivity contribution is 7.22. The summed E-state index contributed by atoms with van der Waals surface area (Å²) in [5, 5.41) is 3.58. The van der Waals surface area contributed by atoms with Gasteiger partial charge in [-0.05, 0) is 53.0 Å². The van der Waals surface area contributed by atoms with Crippen molar-refractivity contribution in [2.75, 3.05) is 5.32 Å². The van der Waals surface area contributed by atoms with Crippen molar-refractivity contribution < 1.29 is 4.79 Å². The van der Waals surface area contributed by atoms with Gasteiger partial charge in [-0.25, -0.2) is 4.98 Å². The van der Waals surface area contributed by atoms with Gasteiger partial charge in [-0.3, -0.25) is 10.1 Å². The van der Waals surface area contributed by atoms with Crippen LogP contribution in [0.15, 0.2) is 70.4 Å². The van der Waals surface area contributed by atoms with Crippen LogP contribution in [0.5, 0.6) is 0 Å². The van der Waals surface area contributed by atoms with Crippen LogP contribution in [0.3, 0.4) is 0 Å². The van der Waals surface area contributed by atoms with Gasteiger partial charge in [0.1, 0.15) is 0 Å². The molecule has 3 aliphatic rings. The Labute approximate surface area is 125 Å². The Bertz CT molecular complexity index is 923. The molecule has 3 nitrogen and oxygen atoms in total. The first-order valence-electron chi connectivity index (χ1n) is 6.83.